The molecule has 0 radical (unpaired) electrons. The highest BCUT2D eigenvalue weighted by molar-refractivity contribution is 14.0. The van der Waals surface area contributed by atoms with Crippen molar-refractivity contribution >= 4 is 41.3 Å². The second-order valence-corrected chi connectivity index (χ2v) is 6.70. The van der Waals surface area contributed by atoms with Gasteiger partial charge in [-0.05, 0) is 40.4 Å². The molecule has 0 aliphatic heterocycles. The first kappa shape index (κ1) is 22.6. The predicted molar refractivity (Wildman–Crippen MR) is 121 cm³/mol. The average molecular weight is 489 g/mol. The van der Waals surface area contributed by atoms with Crippen LogP contribution in [0.5, 0.6) is 11.5 Å². The van der Waals surface area contributed by atoms with Crippen LogP contribution < -0.4 is 14.8 Å². The van der Waals surface area contributed by atoms with Crippen LogP contribution in [0.1, 0.15) is 24.0 Å². The molecule has 0 aliphatic rings. The largest absolute Gasteiger partial charge is 0.497 e. The number of methoxy groups -OCH3 is 2. The minimum absolute atomic E-state index is 0. The molecule has 0 fully saturated rings. The Kier molecular flexibility index (Phi) is 9.79. The fraction of sp³-hybridized carbons (Fsp3) is 0.421. The van der Waals surface area contributed by atoms with Crippen molar-refractivity contribution in [2.24, 2.45) is 4.99 Å². The molecule has 2 rings (SSSR count). The lowest BCUT2D eigenvalue weighted by Gasteiger charge is -2.24. The zero-order valence-electron chi connectivity index (χ0n) is 16.0. The summed E-state index contributed by atoms with van der Waals surface area (Å²) in [7, 11) is 7.16. The molecule has 0 aliphatic carbocycles. The van der Waals surface area contributed by atoms with Gasteiger partial charge in [-0.2, -0.15) is 11.3 Å². The van der Waals surface area contributed by atoms with E-state index < -0.39 is 0 Å². The summed E-state index contributed by atoms with van der Waals surface area (Å²) in [6.45, 7) is 3.75. The Hall–Kier alpha value is -1.48. The van der Waals surface area contributed by atoms with E-state index in [2.05, 4.69) is 39.0 Å². The summed E-state index contributed by atoms with van der Waals surface area (Å²) in [5, 5.41) is 7.76. The highest BCUT2D eigenvalue weighted by Gasteiger charge is 2.13. The number of aliphatic imine (C=N–C) groups is 1. The van der Waals surface area contributed by atoms with Gasteiger partial charge in [-0.25, -0.2) is 0 Å². The van der Waals surface area contributed by atoms with Crippen LogP contribution in [0.3, 0.4) is 0 Å². The molecule has 0 bridgehead atoms. The van der Waals surface area contributed by atoms with Gasteiger partial charge in [0.25, 0.3) is 0 Å². The van der Waals surface area contributed by atoms with Crippen molar-refractivity contribution in [1.82, 2.24) is 10.2 Å². The molecular formula is C19H28IN3O2S. The number of thiophene rings is 1. The molecule has 5 nitrogen and oxygen atoms in total. The Morgan fingerprint density at radius 3 is 2.62 bits per heavy atom. The molecule has 0 saturated heterocycles. The van der Waals surface area contributed by atoms with Crippen LogP contribution in [-0.2, 0) is 6.54 Å². The number of nitrogens with zero attached hydrogens (tertiary/aromatic N) is 2. The number of rotatable bonds is 7. The van der Waals surface area contributed by atoms with Gasteiger partial charge in [0.2, 0.25) is 0 Å². The zero-order chi connectivity index (χ0) is 18.2. The summed E-state index contributed by atoms with van der Waals surface area (Å²) in [5.41, 5.74) is 2.44. The van der Waals surface area contributed by atoms with Gasteiger partial charge < -0.3 is 19.7 Å². The number of benzene rings is 1. The van der Waals surface area contributed by atoms with E-state index in [1.165, 1.54) is 5.56 Å². The van der Waals surface area contributed by atoms with Gasteiger partial charge in [0.15, 0.2) is 5.96 Å². The lowest BCUT2D eigenvalue weighted by molar-refractivity contribution is 0.382. The second-order valence-electron chi connectivity index (χ2n) is 5.92. The van der Waals surface area contributed by atoms with E-state index in [0.29, 0.717) is 12.5 Å². The molecule has 7 heteroatoms. The van der Waals surface area contributed by atoms with Crippen LogP contribution >= 0.6 is 35.3 Å². The van der Waals surface area contributed by atoms with Gasteiger partial charge in [0, 0.05) is 38.8 Å². The number of ether oxygens (including phenoxy) is 2. The van der Waals surface area contributed by atoms with Crippen LogP contribution in [-0.4, -0.2) is 45.7 Å². The molecule has 0 spiro atoms. The summed E-state index contributed by atoms with van der Waals surface area (Å²) in [6.07, 6.45) is 0. The topological polar surface area (TPSA) is 46.1 Å². The maximum atomic E-state index is 5.48. The van der Waals surface area contributed by atoms with Crippen molar-refractivity contribution in [3.05, 3.63) is 46.2 Å². The highest BCUT2D eigenvalue weighted by Crippen LogP contribution is 2.25. The molecule has 1 aromatic heterocycles. The van der Waals surface area contributed by atoms with Gasteiger partial charge in [-0.15, -0.1) is 24.0 Å². The highest BCUT2D eigenvalue weighted by atomic mass is 127. The van der Waals surface area contributed by atoms with E-state index in [4.69, 9.17) is 9.47 Å². The van der Waals surface area contributed by atoms with Crippen LogP contribution in [0, 0.1) is 0 Å². The molecule has 1 aromatic carbocycles. The Labute approximate surface area is 177 Å². The first-order valence-electron chi connectivity index (χ1n) is 8.23. The number of halogens is 1. The van der Waals surface area contributed by atoms with Crippen molar-refractivity contribution < 1.29 is 9.47 Å². The fourth-order valence-electron chi connectivity index (χ4n) is 2.62. The van der Waals surface area contributed by atoms with Crippen molar-refractivity contribution in [3.63, 3.8) is 0 Å². The van der Waals surface area contributed by atoms with Crippen LogP contribution in [0.25, 0.3) is 0 Å². The summed E-state index contributed by atoms with van der Waals surface area (Å²) in [6, 6.07) is 8.04. The predicted octanol–water partition coefficient (Wildman–Crippen LogP) is 4.19. The quantitative estimate of drug-likeness (QED) is 0.360. The second kappa shape index (κ2) is 11.3. The van der Waals surface area contributed by atoms with Gasteiger partial charge in [-0.3, -0.25) is 4.99 Å². The average Bonchev–Trinajstić information content (AvgIpc) is 3.17. The molecule has 1 N–H and O–H groups in total. The monoisotopic (exact) mass is 489 g/mol. The molecular weight excluding hydrogens is 461 g/mol. The summed E-state index contributed by atoms with van der Waals surface area (Å²) in [5.74, 6) is 2.90. The molecule has 1 unspecified atom stereocenters. The number of nitrogens with one attached hydrogen (secondary N) is 1. The van der Waals surface area contributed by atoms with Gasteiger partial charge in [0.05, 0.1) is 14.2 Å². The molecule has 2 aromatic rings. The first-order chi connectivity index (χ1) is 12.1. The van der Waals surface area contributed by atoms with Gasteiger partial charge in [0.1, 0.15) is 11.5 Å². The van der Waals surface area contributed by atoms with Crippen LogP contribution in [0.15, 0.2) is 40.0 Å². The summed E-state index contributed by atoms with van der Waals surface area (Å²) >= 11 is 1.73. The van der Waals surface area contributed by atoms with E-state index in [1.54, 1.807) is 32.6 Å². The zero-order valence-corrected chi connectivity index (χ0v) is 19.1. The van der Waals surface area contributed by atoms with E-state index in [9.17, 15) is 0 Å². The normalized spacial score (nSPS) is 12.1. The van der Waals surface area contributed by atoms with Gasteiger partial charge in [-0.1, -0.05) is 6.92 Å². The maximum absolute atomic E-state index is 5.48. The maximum Gasteiger partial charge on any atom is 0.193 e. The number of hydrogen-bond acceptors (Lipinski definition) is 4. The van der Waals surface area contributed by atoms with Crippen molar-refractivity contribution in [2.45, 2.75) is 19.4 Å². The Balaban J connectivity index is 0.00000338. The van der Waals surface area contributed by atoms with E-state index >= 15 is 0 Å². The van der Waals surface area contributed by atoms with Crippen LogP contribution in [0.4, 0.5) is 0 Å². The van der Waals surface area contributed by atoms with Crippen molar-refractivity contribution in [1.29, 1.82) is 0 Å². The van der Waals surface area contributed by atoms with Crippen molar-refractivity contribution in [2.75, 3.05) is 34.9 Å². The SMILES string of the molecule is CN=C(NCC(C)c1ccsc1)N(C)Cc1ccc(OC)cc1OC.I. The third-order valence-corrected chi connectivity index (χ3v) is 4.86. The minimum Gasteiger partial charge on any atom is -0.497 e. The Morgan fingerprint density at radius 1 is 1.27 bits per heavy atom. The smallest absolute Gasteiger partial charge is 0.193 e. The molecule has 26 heavy (non-hydrogen) atoms. The minimum atomic E-state index is 0. The van der Waals surface area contributed by atoms with Crippen molar-refractivity contribution in [3.8, 4) is 11.5 Å². The Bertz CT molecular complexity index is 692. The lowest BCUT2D eigenvalue weighted by Crippen LogP contribution is -2.40. The molecule has 0 amide bonds. The molecule has 0 saturated carbocycles. The number of hydrogen-bond donors (Lipinski definition) is 1. The van der Waals surface area contributed by atoms with Crippen LogP contribution in [0.2, 0.25) is 0 Å². The molecule has 1 heterocycles. The van der Waals surface area contributed by atoms with E-state index in [1.807, 2.05) is 25.2 Å². The standard InChI is InChI=1S/C19H27N3O2S.HI/c1-14(16-8-9-25-13-16)11-21-19(20-2)22(3)12-15-6-7-17(23-4)10-18(15)24-5;/h6-10,13-14H,11-12H2,1-5H3,(H,20,21);1H. The third-order valence-electron chi connectivity index (χ3n) is 4.15. The van der Waals surface area contributed by atoms with E-state index in [0.717, 1.165) is 29.6 Å². The first-order valence-corrected chi connectivity index (χ1v) is 9.18. The Morgan fingerprint density at radius 2 is 2.04 bits per heavy atom. The number of guanidine groups is 1. The summed E-state index contributed by atoms with van der Waals surface area (Å²) in [4.78, 5) is 6.48. The lowest BCUT2D eigenvalue weighted by atomic mass is 10.1. The van der Waals surface area contributed by atoms with Gasteiger partial charge >= 0.3 is 0 Å². The summed E-state index contributed by atoms with van der Waals surface area (Å²) < 4.78 is 10.7. The fourth-order valence-corrected chi connectivity index (χ4v) is 3.40. The molecule has 1 atom stereocenters. The van der Waals surface area contributed by atoms with E-state index in [-0.39, 0.29) is 24.0 Å². The molecule has 144 valence electrons. The third kappa shape index (κ3) is 6.05.